The van der Waals surface area contributed by atoms with Crippen LogP contribution < -0.4 is 46.5 Å². The first kappa shape index (κ1) is 47.8. The molecule has 0 aliphatic heterocycles. The molecule has 20 nitrogen and oxygen atoms in total. The highest BCUT2D eigenvalue weighted by atomic mass is 16.6. The summed E-state index contributed by atoms with van der Waals surface area (Å²) >= 11 is 0. The number of methoxy groups -OCH3 is 1. The second-order valence-electron chi connectivity index (χ2n) is 14.5. The average molecular weight is 869 g/mol. The molecule has 4 amide bonds. The van der Waals surface area contributed by atoms with Crippen molar-refractivity contribution in [1.29, 1.82) is 0 Å². The van der Waals surface area contributed by atoms with Crippen LogP contribution in [0, 0.1) is 17.0 Å². The first-order valence-electron chi connectivity index (χ1n) is 19.5. The number of nitrogens with one attached hydrogen (secondary N) is 3. The number of nitro benzene ring substituents is 1. The number of hydrogen-bond donors (Lipinski definition) is 5. The highest BCUT2D eigenvalue weighted by Gasteiger charge is 2.24. The number of hydrogen-bond acceptors (Lipinski definition) is 14. The molecule has 4 aromatic rings. The molecule has 0 aliphatic carbocycles. The SMILES string of the molecule is C=Nc1cc(C(N)=O)cc(OC)c1N(C/C=C/CNc1c(OC/C=C/COc2cccc(NC(=O)OC(C)(C)C)c2)cc(C(N)=O)cc1[N+](=O)[O-])CNC(=O)c1cc(C)nn1CC. The number of primary amides is 2. The van der Waals surface area contributed by atoms with Gasteiger partial charge in [0.15, 0.2) is 11.4 Å². The van der Waals surface area contributed by atoms with E-state index in [9.17, 15) is 29.3 Å². The van der Waals surface area contributed by atoms with Crippen molar-refractivity contribution in [3.8, 4) is 17.2 Å². The van der Waals surface area contributed by atoms with Gasteiger partial charge in [-0.2, -0.15) is 5.10 Å². The Morgan fingerprint density at radius 1 is 0.968 bits per heavy atom. The van der Waals surface area contributed by atoms with Gasteiger partial charge >= 0.3 is 6.09 Å². The minimum Gasteiger partial charge on any atom is -0.494 e. The van der Waals surface area contributed by atoms with Gasteiger partial charge in [0.05, 0.1) is 30.1 Å². The molecule has 334 valence electrons. The molecule has 3 aromatic carbocycles. The first-order chi connectivity index (χ1) is 29.9. The Balaban J connectivity index is 1.49. The fourth-order valence-electron chi connectivity index (χ4n) is 5.92. The van der Waals surface area contributed by atoms with Gasteiger partial charge in [-0.3, -0.25) is 39.5 Å². The van der Waals surface area contributed by atoms with E-state index in [1.807, 2.05) is 6.92 Å². The van der Waals surface area contributed by atoms with Crippen molar-refractivity contribution in [1.82, 2.24) is 15.1 Å². The fraction of sp³-hybridized carbons (Fsp3) is 0.302. The number of amides is 4. The van der Waals surface area contributed by atoms with E-state index in [2.05, 4.69) is 32.8 Å². The second kappa shape index (κ2) is 22.1. The molecule has 0 radical (unpaired) electrons. The summed E-state index contributed by atoms with van der Waals surface area (Å²) in [6.07, 6.45) is 6.08. The van der Waals surface area contributed by atoms with E-state index in [4.69, 9.17) is 30.4 Å². The van der Waals surface area contributed by atoms with E-state index in [1.165, 1.54) is 25.3 Å². The summed E-state index contributed by atoms with van der Waals surface area (Å²) in [5, 5.41) is 25.1. The quantitative estimate of drug-likeness (QED) is 0.0203. The van der Waals surface area contributed by atoms with Gasteiger partial charge in [0.25, 0.3) is 11.6 Å². The van der Waals surface area contributed by atoms with Gasteiger partial charge in [0.1, 0.15) is 41.7 Å². The molecule has 0 atom stereocenters. The van der Waals surface area contributed by atoms with E-state index < -0.39 is 40.0 Å². The molecule has 63 heavy (non-hydrogen) atoms. The van der Waals surface area contributed by atoms with Crippen LogP contribution in [0.5, 0.6) is 17.2 Å². The number of anilines is 3. The summed E-state index contributed by atoms with van der Waals surface area (Å²) < 4.78 is 24.1. The number of carbonyl (C=O) groups is 4. The monoisotopic (exact) mass is 868 g/mol. The van der Waals surface area contributed by atoms with Crippen molar-refractivity contribution in [2.24, 2.45) is 16.5 Å². The van der Waals surface area contributed by atoms with Crippen molar-refractivity contribution in [2.45, 2.75) is 46.8 Å². The molecule has 20 heteroatoms. The Kier molecular flexibility index (Phi) is 16.8. The summed E-state index contributed by atoms with van der Waals surface area (Å²) in [6.45, 7) is 13.2. The Bertz CT molecular complexity index is 2390. The molecule has 0 unspecified atom stereocenters. The number of aryl methyl sites for hydroxylation is 2. The van der Waals surface area contributed by atoms with Crippen molar-refractivity contribution in [3.05, 3.63) is 112 Å². The molecule has 0 saturated heterocycles. The predicted molar refractivity (Wildman–Crippen MR) is 239 cm³/mol. The zero-order chi connectivity index (χ0) is 46.3. The molecular weight excluding hydrogens is 817 g/mol. The van der Waals surface area contributed by atoms with E-state index in [1.54, 1.807) is 91.9 Å². The molecule has 7 N–H and O–H groups in total. The Morgan fingerprint density at radius 3 is 2.29 bits per heavy atom. The number of aliphatic imine (C=N–C) groups is 1. The smallest absolute Gasteiger partial charge is 0.412 e. The van der Waals surface area contributed by atoms with Crippen LogP contribution in [0.1, 0.15) is 64.6 Å². The zero-order valence-electron chi connectivity index (χ0n) is 35.9. The third-order valence-electron chi connectivity index (χ3n) is 8.69. The fourth-order valence-corrected chi connectivity index (χ4v) is 5.92. The van der Waals surface area contributed by atoms with E-state index in [0.29, 0.717) is 35.1 Å². The van der Waals surface area contributed by atoms with Gasteiger partial charge < -0.3 is 45.9 Å². The number of nitro groups is 1. The zero-order valence-corrected chi connectivity index (χ0v) is 35.9. The van der Waals surface area contributed by atoms with Gasteiger partial charge in [-0.25, -0.2) is 4.79 Å². The van der Waals surface area contributed by atoms with Crippen molar-refractivity contribution < 1.29 is 43.0 Å². The topological polar surface area (TPSA) is 270 Å². The lowest BCUT2D eigenvalue weighted by Crippen LogP contribution is -2.39. The number of nitrogens with zero attached hydrogens (tertiary/aromatic N) is 5. The third kappa shape index (κ3) is 13.8. The standard InChI is InChI=1S/C43H52N10O10/c1-8-52-34(20-27(2)50-52)41(56)48-26-51(38-32(46-6)21-28(39(44)54)24-36(38)60-7)17-10-9-16-47-37-33(53(58)59)22-29(40(45)55)23-35(37)62-19-12-11-18-61-31-15-13-14-30(25-31)49-42(57)63-43(3,4)5/h9-15,20-25,47H,6,8,16-19,26H2,1-5,7H3,(H2,44,54)(H2,45,55)(H,48,56)(H,49,57)/b10-9+,12-11+. The lowest BCUT2D eigenvalue weighted by Gasteiger charge is -2.27. The number of ether oxygens (including phenoxy) is 4. The molecule has 0 bridgehead atoms. The largest absolute Gasteiger partial charge is 0.494 e. The number of nitrogens with two attached hydrogens (primary N) is 2. The minimum absolute atomic E-state index is 0.00948. The molecular formula is C43H52N10O10. The second-order valence-corrected chi connectivity index (χ2v) is 14.5. The molecule has 1 heterocycles. The summed E-state index contributed by atoms with van der Waals surface area (Å²) in [7, 11) is 1.41. The lowest BCUT2D eigenvalue weighted by atomic mass is 10.1. The third-order valence-corrected chi connectivity index (χ3v) is 8.69. The van der Waals surface area contributed by atoms with E-state index in [0.717, 1.165) is 6.07 Å². The van der Waals surface area contributed by atoms with Crippen LogP contribution in [0.2, 0.25) is 0 Å². The van der Waals surface area contributed by atoms with Gasteiger partial charge in [-0.1, -0.05) is 18.2 Å². The van der Waals surface area contributed by atoms with Crippen LogP contribution in [0.3, 0.4) is 0 Å². The van der Waals surface area contributed by atoms with Crippen LogP contribution in [-0.4, -0.2) is 90.9 Å². The Morgan fingerprint density at radius 2 is 1.65 bits per heavy atom. The number of rotatable bonds is 22. The highest BCUT2D eigenvalue weighted by molar-refractivity contribution is 5.97. The van der Waals surface area contributed by atoms with Gasteiger partial charge in [-0.05, 0) is 89.9 Å². The van der Waals surface area contributed by atoms with Crippen molar-refractivity contribution in [2.75, 3.05) is 55.6 Å². The maximum atomic E-state index is 13.3. The summed E-state index contributed by atoms with van der Waals surface area (Å²) in [6, 6.07) is 13.7. The summed E-state index contributed by atoms with van der Waals surface area (Å²) in [4.78, 5) is 67.0. The normalized spacial score (nSPS) is 11.2. The lowest BCUT2D eigenvalue weighted by molar-refractivity contribution is -0.384. The number of aromatic nitrogens is 2. The average Bonchev–Trinajstić information content (AvgIpc) is 3.62. The van der Waals surface area contributed by atoms with Crippen molar-refractivity contribution in [3.63, 3.8) is 0 Å². The maximum absolute atomic E-state index is 13.3. The highest BCUT2D eigenvalue weighted by Crippen LogP contribution is 2.39. The van der Waals surface area contributed by atoms with Gasteiger partial charge in [-0.15, -0.1) is 0 Å². The Labute approximate surface area is 364 Å². The number of benzene rings is 3. The molecule has 0 spiro atoms. The van der Waals surface area contributed by atoms with Gasteiger partial charge in [0, 0.05) is 48.6 Å². The molecule has 0 aliphatic rings. The maximum Gasteiger partial charge on any atom is 0.412 e. The molecule has 0 saturated carbocycles. The minimum atomic E-state index is -0.893. The van der Waals surface area contributed by atoms with Crippen LogP contribution in [-0.2, 0) is 11.3 Å². The molecule has 0 fully saturated rings. The van der Waals surface area contributed by atoms with E-state index >= 15 is 0 Å². The molecule has 4 rings (SSSR count). The van der Waals surface area contributed by atoms with Crippen LogP contribution in [0.15, 0.2) is 83.9 Å². The van der Waals surface area contributed by atoms with Crippen LogP contribution in [0.4, 0.5) is 33.2 Å². The predicted octanol–water partition coefficient (Wildman–Crippen LogP) is 5.88. The molecule has 1 aromatic heterocycles. The van der Waals surface area contributed by atoms with E-state index in [-0.39, 0.29) is 67.0 Å². The first-order valence-corrected chi connectivity index (χ1v) is 19.5. The number of carbonyl (C=O) groups excluding carboxylic acids is 4. The van der Waals surface area contributed by atoms with Crippen LogP contribution >= 0.6 is 0 Å². The van der Waals surface area contributed by atoms with Crippen molar-refractivity contribution >= 4 is 59.0 Å². The summed E-state index contributed by atoms with van der Waals surface area (Å²) in [5.41, 5.74) is 12.1. The van der Waals surface area contributed by atoms with Crippen LogP contribution in [0.25, 0.3) is 0 Å². The Hall–Kier alpha value is -7.90. The van der Waals surface area contributed by atoms with Gasteiger partial charge in [0.2, 0.25) is 11.8 Å². The summed E-state index contributed by atoms with van der Waals surface area (Å²) in [5.74, 6) is -1.30.